The number of pyridine rings is 1. The van der Waals surface area contributed by atoms with Gasteiger partial charge in [-0.25, -0.2) is 0 Å². The van der Waals surface area contributed by atoms with Gasteiger partial charge in [-0.2, -0.15) is 13.2 Å². The summed E-state index contributed by atoms with van der Waals surface area (Å²) in [5, 5.41) is 0. The van der Waals surface area contributed by atoms with Gasteiger partial charge in [-0.3, -0.25) is 9.59 Å². The molecule has 1 fully saturated rings. The largest absolute Gasteiger partial charge is 0.421 e. The fourth-order valence-corrected chi connectivity index (χ4v) is 2.87. The number of likely N-dealkylation sites (tertiary alicyclic amines) is 1. The molecule has 1 unspecified atom stereocenters. The molecule has 2 heterocycles. The van der Waals surface area contributed by atoms with Crippen molar-refractivity contribution in [3.63, 3.8) is 0 Å². The van der Waals surface area contributed by atoms with Crippen LogP contribution >= 0.6 is 0 Å². The van der Waals surface area contributed by atoms with Crippen molar-refractivity contribution < 1.29 is 18.0 Å². The Morgan fingerprint density at radius 1 is 1.30 bits per heavy atom. The summed E-state index contributed by atoms with van der Waals surface area (Å²) in [7, 11) is 0. The maximum atomic E-state index is 12.8. The van der Waals surface area contributed by atoms with Crippen LogP contribution in [0.1, 0.15) is 49.5 Å². The molecule has 0 aliphatic carbocycles. The number of piperidine rings is 1. The molecule has 23 heavy (non-hydrogen) atoms. The Hall–Kier alpha value is -1.79. The second-order valence-corrected chi connectivity index (χ2v) is 7.09. The number of halogens is 3. The number of aromatic amines is 1. The van der Waals surface area contributed by atoms with Crippen molar-refractivity contribution in [2.45, 2.75) is 39.8 Å². The minimum atomic E-state index is -4.78. The number of rotatable bonds is 1. The molecule has 1 N–H and O–H groups in total. The van der Waals surface area contributed by atoms with Gasteiger partial charge in [0, 0.05) is 19.3 Å². The maximum absolute atomic E-state index is 12.8. The molecular weight excluding hydrogens is 309 g/mol. The highest BCUT2D eigenvalue weighted by Crippen LogP contribution is 2.34. The van der Waals surface area contributed by atoms with Gasteiger partial charge < -0.3 is 9.88 Å². The van der Waals surface area contributed by atoms with Crippen LogP contribution in [-0.2, 0) is 6.18 Å². The topological polar surface area (TPSA) is 53.2 Å². The zero-order chi connectivity index (χ0) is 17.4. The van der Waals surface area contributed by atoms with Crippen LogP contribution in [0.2, 0.25) is 0 Å². The van der Waals surface area contributed by atoms with Crippen molar-refractivity contribution in [3.05, 3.63) is 33.7 Å². The van der Waals surface area contributed by atoms with E-state index in [1.165, 1.54) is 0 Å². The molecule has 0 spiro atoms. The molecule has 0 aromatic carbocycles. The molecule has 7 heteroatoms. The minimum absolute atomic E-state index is 0.0289. The molecule has 0 radical (unpaired) electrons. The molecule has 1 atom stereocenters. The van der Waals surface area contributed by atoms with Gasteiger partial charge in [0.25, 0.3) is 11.5 Å². The summed E-state index contributed by atoms with van der Waals surface area (Å²) >= 11 is 0. The molecule has 1 saturated heterocycles. The van der Waals surface area contributed by atoms with E-state index in [1.807, 2.05) is 4.98 Å². The van der Waals surface area contributed by atoms with Gasteiger partial charge in [-0.05, 0) is 30.2 Å². The fourth-order valence-electron chi connectivity index (χ4n) is 2.87. The summed E-state index contributed by atoms with van der Waals surface area (Å²) in [5.41, 5.74) is -2.68. The van der Waals surface area contributed by atoms with Gasteiger partial charge >= 0.3 is 6.18 Å². The molecule has 2 rings (SSSR count). The van der Waals surface area contributed by atoms with Crippen molar-refractivity contribution >= 4 is 5.91 Å². The SMILES string of the molecule is CC(C)(C)C1CCCN(C(=O)c2c[nH]c(=O)c(C(F)(F)F)c2)C1. The van der Waals surface area contributed by atoms with Gasteiger partial charge in [0.2, 0.25) is 0 Å². The van der Waals surface area contributed by atoms with Gasteiger partial charge in [0.1, 0.15) is 5.56 Å². The number of alkyl halides is 3. The first-order valence-electron chi connectivity index (χ1n) is 7.59. The first-order chi connectivity index (χ1) is 10.5. The fraction of sp³-hybridized carbons (Fsp3) is 0.625. The third kappa shape index (κ3) is 3.95. The monoisotopic (exact) mass is 330 g/mol. The summed E-state index contributed by atoms with van der Waals surface area (Å²) in [5.74, 6) is -0.175. The van der Waals surface area contributed by atoms with Crippen molar-refractivity contribution in [1.29, 1.82) is 0 Å². The number of nitrogens with zero attached hydrogens (tertiary/aromatic N) is 1. The van der Waals surface area contributed by atoms with E-state index >= 15 is 0 Å². The lowest BCUT2D eigenvalue weighted by Crippen LogP contribution is -2.44. The van der Waals surface area contributed by atoms with E-state index in [0.29, 0.717) is 25.1 Å². The second kappa shape index (κ2) is 6.02. The van der Waals surface area contributed by atoms with Crippen molar-refractivity contribution in [1.82, 2.24) is 9.88 Å². The Labute approximate surface area is 132 Å². The van der Waals surface area contributed by atoms with E-state index in [2.05, 4.69) is 20.8 Å². The Morgan fingerprint density at radius 2 is 1.96 bits per heavy atom. The number of amides is 1. The van der Waals surface area contributed by atoms with Gasteiger partial charge in [-0.15, -0.1) is 0 Å². The molecule has 0 bridgehead atoms. The molecule has 1 aliphatic heterocycles. The van der Waals surface area contributed by atoms with E-state index in [-0.39, 0.29) is 11.0 Å². The lowest BCUT2D eigenvalue weighted by atomic mass is 9.76. The number of nitrogens with one attached hydrogen (secondary N) is 1. The highest BCUT2D eigenvalue weighted by Gasteiger charge is 2.36. The van der Waals surface area contributed by atoms with Crippen LogP contribution in [0.5, 0.6) is 0 Å². The summed E-state index contributed by atoms with van der Waals surface area (Å²) in [6, 6.07) is 0.641. The average molecular weight is 330 g/mol. The number of aromatic nitrogens is 1. The zero-order valence-corrected chi connectivity index (χ0v) is 13.5. The van der Waals surface area contributed by atoms with Crippen LogP contribution in [0.25, 0.3) is 0 Å². The van der Waals surface area contributed by atoms with E-state index < -0.39 is 23.2 Å². The Bertz CT molecular complexity index is 644. The third-order valence-corrected chi connectivity index (χ3v) is 4.39. The van der Waals surface area contributed by atoms with Gasteiger partial charge in [0.05, 0.1) is 5.56 Å². The number of carbonyl (C=O) groups is 1. The standard InChI is InChI=1S/C16H21F3N2O2/c1-15(2,3)11-5-4-6-21(9-11)14(23)10-7-12(16(17,18)19)13(22)20-8-10/h7-8,11H,4-6,9H2,1-3H3,(H,20,22). The molecule has 1 aliphatic rings. The summed E-state index contributed by atoms with van der Waals surface area (Å²) < 4.78 is 38.4. The average Bonchev–Trinajstić information content (AvgIpc) is 2.45. The number of H-pyrrole nitrogens is 1. The quantitative estimate of drug-likeness (QED) is 0.859. The smallest absolute Gasteiger partial charge is 0.338 e. The molecule has 0 saturated carbocycles. The van der Waals surface area contributed by atoms with Crippen LogP contribution in [0.4, 0.5) is 13.2 Å². The van der Waals surface area contributed by atoms with Crippen LogP contribution in [0.15, 0.2) is 17.1 Å². The summed E-state index contributed by atoms with van der Waals surface area (Å²) in [6.45, 7) is 7.31. The maximum Gasteiger partial charge on any atom is 0.421 e. The molecule has 1 amide bonds. The van der Waals surface area contributed by atoms with E-state index in [4.69, 9.17) is 0 Å². The van der Waals surface area contributed by atoms with Crippen LogP contribution in [0.3, 0.4) is 0 Å². The van der Waals surface area contributed by atoms with E-state index in [9.17, 15) is 22.8 Å². The Kier molecular flexibility index (Phi) is 4.59. The van der Waals surface area contributed by atoms with Crippen LogP contribution in [-0.4, -0.2) is 28.9 Å². The molecule has 4 nitrogen and oxygen atoms in total. The first-order valence-corrected chi connectivity index (χ1v) is 7.59. The van der Waals surface area contributed by atoms with Crippen LogP contribution < -0.4 is 5.56 Å². The van der Waals surface area contributed by atoms with Crippen molar-refractivity contribution in [2.75, 3.05) is 13.1 Å². The summed E-state index contributed by atoms with van der Waals surface area (Å²) in [4.78, 5) is 27.4. The molecule has 1 aromatic rings. The van der Waals surface area contributed by atoms with Gasteiger partial charge in [0.15, 0.2) is 0 Å². The highest BCUT2D eigenvalue weighted by molar-refractivity contribution is 5.94. The number of hydrogen-bond donors (Lipinski definition) is 1. The highest BCUT2D eigenvalue weighted by atomic mass is 19.4. The van der Waals surface area contributed by atoms with Crippen LogP contribution in [0, 0.1) is 11.3 Å². The van der Waals surface area contributed by atoms with Gasteiger partial charge in [-0.1, -0.05) is 20.8 Å². The van der Waals surface area contributed by atoms with E-state index in [1.54, 1.807) is 4.90 Å². The predicted octanol–water partition coefficient (Wildman–Crippen LogP) is 3.29. The Morgan fingerprint density at radius 3 is 2.52 bits per heavy atom. The first kappa shape index (κ1) is 17.6. The van der Waals surface area contributed by atoms with E-state index in [0.717, 1.165) is 19.0 Å². The molecular formula is C16H21F3N2O2. The lowest BCUT2D eigenvalue weighted by Gasteiger charge is -2.39. The lowest BCUT2D eigenvalue weighted by molar-refractivity contribution is -0.138. The second-order valence-electron chi connectivity index (χ2n) is 7.09. The predicted molar refractivity (Wildman–Crippen MR) is 80.1 cm³/mol. The van der Waals surface area contributed by atoms with Crippen molar-refractivity contribution in [3.8, 4) is 0 Å². The molecule has 128 valence electrons. The number of carbonyl (C=O) groups excluding carboxylic acids is 1. The normalized spacial score (nSPS) is 19.7. The summed E-state index contributed by atoms with van der Waals surface area (Å²) in [6.07, 6.45) is -1.91. The number of hydrogen-bond acceptors (Lipinski definition) is 2. The van der Waals surface area contributed by atoms with Crippen molar-refractivity contribution in [2.24, 2.45) is 11.3 Å². The Balaban J connectivity index is 2.25. The minimum Gasteiger partial charge on any atom is -0.338 e. The molecule has 1 aromatic heterocycles. The zero-order valence-electron chi connectivity index (χ0n) is 13.5. The third-order valence-electron chi connectivity index (χ3n) is 4.39.